The molecule has 0 N–H and O–H groups in total. The molecule has 2 aliphatic carbocycles. The molecule has 8 aromatic carbocycles. The lowest BCUT2D eigenvalue weighted by molar-refractivity contribution is 0.332. The first-order valence-electron chi connectivity index (χ1n) is 27.0. The van der Waals surface area contributed by atoms with Crippen LogP contribution in [0.5, 0.6) is 0 Å². The van der Waals surface area contributed by atoms with E-state index in [9.17, 15) is 0 Å². The zero-order valence-corrected chi connectivity index (χ0v) is 45.6. The highest BCUT2D eigenvalue weighted by molar-refractivity contribution is 7.00. The standard InChI is InChI=1S/C69H72BN3/c1-44-35-62-64-63(36-44)73(60-41-55-52(37-45(60)2)68(10,11)43-69(55,12)13)59-32-30-50(71(48-25-19-15-20-26-48)49-27-21-16-22-28-49)39-56(59)70(64)57-40-53-54(67(8,9)34-33-66(53,6)7)42-61(57)72(62)58-31-29-47(65(3,4)5)38-51(58)46-23-17-14-18-24-46/h14-32,35-42H,33-34,43H2,1-13H3. The SMILES string of the molecule is Cc1cc2c3c(c1)N(c1ccc(C(C)(C)C)cc1-c1ccccc1)c1cc4c(cc1B3c1cc(N(c3ccccc3)c3ccccc3)ccc1N2c1cc2c(cc1C)C(C)(C)CC2(C)C)C(C)(C)CCC4(C)C. The number of hydrogen-bond donors (Lipinski definition) is 0. The van der Waals surface area contributed by atoms with Gasteiger partial charge in [0.05, 0.1) is 5.69 Å². The molecule has 0 radical (unpaired) electrons. The van der Waals surface area contributed by atoms with E-state index in [2.05, 4.69) is 269 Å². The van der Waals surface area contributed by atoms with Gasteiger partial charge in [0, 0.05) is 51.1 Å². The number of anilines is 9. The Balaban J connectivity index is 1.22. The van der Waals surface area contributed by atoms with E-state index in [1.165, 1.54) is 101 Å². The number of aryl methyl sites for hydroxylation is 2. The van der Waals surface area contributed by atoms with Crippen LogP contribution < -0.4 is 31.1 Å². The predicted octanol–water partition coefficient (Wildman–Crippen LogP) is 17.1. The summed E-state index contributed by atoms with van der Waals surface area (Å²) in [5.74, 6) is 0. The van der Waals surface area contributed by atoms with Crippen molar-refractivity contribution in [2.75, 3.05) is 14.7 Å². The minimum atomic E-state index is -0.0540. The van der Waals surface area contributed by atoms with E-state index in [1.807, 2.05) is 0 Å². The molecule has 4 aliphatic rings. The summed E-state index contributed by atoms with van der Waals surface area (Å²) < 4.78 is 0. The Labute approximate surface area is 437 Å². The highest BCUT2D eigenvalue weighted by atomic mass is 15.2. The fraction of sp³-hybridized carbons (Fsp3) is 0.304. The van der Waals surface area contributed by atoms with Gasteiger partial charge in [0.1, 0.15) is 0 Å². The average Bonchev–Trinajstić information content (AvgIpc) is 3.53. The summed E-state index contributed by atoms with van der Waals surface area (Å²) in [5.41, 5.74) is 27.4. The molecule has 0 saturated heterocycles. The summed E-state index contributed by atoms with van der Waals surface area (Å²) in [7, 11) is 0. The molecular weight excluding hydrogens is 882 g/mol. The number of fused-ring (bicyclic) bond motifs is 6. The Bertz CT molecular complexity index is 3460. The molecule has 0 aromatic heterocycles. The van der Waals surface area contributed by atoms with Crippen molar-refractivity contribution in [3.05, 3.63) is 203 Å². The molecule has 4 heteroatoms. The predicted molar refractivity (Wildman–Crippen MR) is 315 cm³/mol. The fourth-order valence-electron chi connectivity index (χ4n) is 13.8. The summed E-state index contributed by atoms with van der Waals surface area (Å²) in [5, 5.41) is 0. The van der Waals surface area contributed by atoms with Gasteiger partial charge < -0.3 is 14.7 Å². The molecule has 0 bridgehead atoms. The van der Waals surface area contributed by atoms with Crippen molar-refractivity contribution in [1.82, 2.24) is 0 Å². The van der Waals surface area contributed by atoms with Crippen molar-refractivity contribution >= 4 is 74.3 Å². The summed E-state index contributed by atoms with van der Waals surface area (Å²) in [6, 6.07) is 63.1. The molecule has 2 heterocycles. The number of hydrogen-bond acceptors (Lipinski definition) is 3. The van der Waals surface area contributed by atoms with Crippen LogP contribution in [0.3, 0.4) is 0 Å². The van der Waals surface area contributed by atoms with Gasteiger partial charge in [-0.05, 0) is 200 Å². The first kappa shape index (κ1) is 47.2. The Morgan fingerprint density at radius 2 is 0.932 bits per heavy atom. The first-order chi connectivity index (χ1) is 34.6. The number of rotatable bonds is 6. The summed E-state index contributed by atoms with van der Waals surface area (Å²) in [6.45, 7) is 31.3. The lowest BCUT2D eigenvalue weighted by atomic mass is 9.33. The monoisotopic (exact) mass is 954 g/mol. The smallest absolute Gasteiger partial charge is 0.252 e. The number of para-hydroxylation sites is 2. The average molecular weight is 954 g/mol. The molecule has 2 aliphatic heterocycles. The minimum Gasteiger partial charge on any atom is -0.311 e. The van der Waals surface area contributed by atoms with E-state index >= 15 is 0 Å². The fourth-order valence-corrected chi connectivity index (χ4v) is 13.8. The normalized spacial score (nSPS) is 17.3. The van der Waals surface area contributed by atoms with Crippen LogP contribution in [0.15, 0.2) is 164 Å². The molecule has 0 amide bonds. The highest BCUT2D eigenvalue weighted by Crippen LogP contribution is 2.55. The maximum absolute atomic E-state index is 2.69. The zero-order valence-electron chi connectivity index (χ0n) is 45.6. The third kappa shape index (κ3) is 7.52. The highest BCUT2D eigenvalue weighted by Gasteiger charge is 2.48. The van der Waals surface area contributed by atoms with Gasteiger partial charge in [-0.1, -0.05) is 161 Å². The molecule has 0 saturated carbocycles. The number of benzene rings is 8. The van der Waals surface area contributed by atoms with E-state index in [1.54, 1.807) is 0 Å². The largest absolute Gasteiger partial charge is 0.311 e. The second kappa shape index (κ2) is 16.4. The van der Waals surface area contributed by atoms with Gasteiger partial charge in [0.15, 0.2) is 0 Å². The second-order valence-electron chi connectivity index (χ2n) is 25.8. The third-order valence-electron chi connectivity index (χ3n) is 17.6. The van der Waals surface area contributed by atoms with E-state index in [-0.39, 0.29) is 33.8 Å². The van der Waals surface area contributed by atoms with Gasteiger partial charge in [-0.15, -0.1) is 0 Å². The van der Waals surface area contributed by atoms with Gasteiger partial charge >= 0.3 is 0 Å². The van der Waals surface area contributed by atoms with Crippen molar-refractivity contribution in [2.24, 2.45) is 0 Å². The second-order valence-corrected chi connectivity index (χ2v) is 25.8. The molecule has 8 aromatic rings. The maximum Gasteiger partial charge on any atom is 0.252 e. The Morgan fingerprint density at radius 3 is 1.52 bits per heavy atom. The molecule has 0 unspecified atom stereocenters. The molecule has 73 heavy (non-hydrogen) atoms. The van der Waals surface area contributed by atoms with Crippen molar-refractivity contribution in [3.8, 4) is 11.1 Å². The summed E-state index contributed by atoms with van der Waals surface area (Å²) in [6.07, 6.45) is 3.42. The third-order valence-corrected chi connectivity index (χ3v) is 17.6. The lowest BCUT2D eigenvalue weighted by Gasteiger charge is -2.48. The van der Waals surface area contributed by atoms with Gasteiger partial charge in [-0.2, -0.15) is 0 Å². The first-order valence-corrected chi connectivity index (χ1v) is 27.0. The summed E-state index contributed by atoms with van der Waals surface area (Å²) in [4.78, 5) is 7.81. The van der Waals surface area contributed by atoms with E-state index in [0.717, 1.165) is 36.3 Å². The van der Waals surface area contributed by atoms with Crippen molar-refractivity contribution < 1.29 is 0 Å². The van der Waals surface area contributed by atoms with Gasteiger partial charge in [0.2, 0.25) is 0 Å². The Kier molecular flexibility index (Phi) is 10.6. The van der Waals surface area contributed by atoms with Crippen LogP contribution in [-0.2, 0) is 27.1 Å². The van der Waals surface area contributed by atoms with Crippen LogP contribution in [0.2, 0.25) is 0 Å². The molecule has 0 fully saturated rings. The topological polar surface area (TPSA) is 9.72 Å². The van der Waals surface area contributed by atoms with E-state index < -0.39 is 0 Å². The molecule has 3 nitrogen and oxygen atoms in total. The Hall–Kier alpha value is -6.78. The lowest BCUT2D eigenvalue weighted by Crippen LogP contribution is -2.62. The van der Waals surface area contributed by atoms with Crippen LogP contribution in [0.4, 0.5) is 51.2 Å². The van der Waals surface area contributed by atoms with Crippen molar-refractivity contribution in [2.45, 2.75) is 136 Å². The molecule has 12 rings (SSSR count). The van der Waals surface area contributed by atoms with E-state index in [0.29, 0.717) is 0 Å². The number of nitrogens with zero attached hydrogens (tertiary/aromatic N) is 3. The van der Waals surface area contributed by atoms with Crippen LogP contribution >= 0.6 is 0 Å². The molecule has 366 valence electrons. The van der Waals surface area contributed by atoms with Crippen LogP contribution in [-0.4, -0.2) is 6.71 Å². The minimum absolute atomic E-state index is 0.00948. The van der Waals surface area contributed by atoms with Crippen molar-refractivity contribution in [1.29, 1.82) is 0 Å². The zero-order chi connectivity index (χ0) is 51.1. The molecule has 0 spiro atoms. The van der Waals surface area contributed by atoms with Crippen LogP contribution in [0, 0.1) is 13.8 Å². The Morgan fingerprint density at radius 1 is 0.438 bits per heavy atom. The van der Waals surface area contributed by atoms with E-state index in [4.69, 9.17) is 0 Å². The molecule has 0 atom stereocenters. The van der Waals surface area contributed by atoms with Crippen LogP contribution in [0.1, 0.15) is 134 Å². The van der Waals surface area contributed by atoms with Gasteiger partial charge in [-0.25, -0.2) is 0 Å². The van der Waals surface area contributed by atoms with Crippen molar-refractivity contribution in [3.63, 3.8) is 0 Å². The van der Waals surface area contributed by atoms with Gasteiger partial charge in [0.25, 0.3) is 6.71 Å². The van der Waals surface area contributed by atoms with Gasteiger partial charge in [-0.3, -0.25) is 0 Å². The maximum atomic E-state index is 2.69. The van der Waals surface area contributed by atoms with Crippen LogP contribution in [0.25, 0.3) is 11.1 Å². The quantitative estimate of drug-likeness (QED) is 0.154. The molecular formula is C69H72BN3. The summed E-state index contributed by atoms with van der Waals surface area (Å²) >= 11 is 0.